The molecule has 0 amide bonds. The van der Waals surface area contributed by atoms with Crippen molar-refractivity contribution in [1.82, 2.24) is 24.0 Å². The first-order valence-corrected chi connectivity index (χ1v) is 29.4. The van der Waals surface area contributed by atoms with Gasteiger partial charge in [-0.2, -0.15) is 0 Å². The van der Waals surface area contributed by atoms with E-state index >= 15 is 0 Å². The van der Waals surface area contributed by atoms with Crippen LogP contribution < -0.4 is 0 Å². The van der Waals surface area contributed by atoms with E-state index in [1.54, 1.807) is 0 Å². The molecule has 5 heteroatoms. The van der Waals surface area contributed by atoms with E-state index in [1.807, 2.05) is 0 Å². The Hall–Kier alpha value is -10.9. The Morgan fingerprint density at radius 1 is 0.353 bits per heavy atom. The second kappa shape index (κ2) is 20.8. The molecule has 1 aliphatic heterocycles. The highest BCUT2D eigenvalue weighted by Gasteiger charge is 2.41. The van der Waals surface area contributed by atoms with Crippen LogP contribution in [0, 0.1) is 5.92 Å². The van der Waals surface area contributed by atoms with Gasteiger partial charge in [0.15, 0.2) is 0 Å². The number of nitrogens with zero attached hydrogens (tertiary/aromatic N) is 5. The SMILES string of the molecule is CN1C(C2=C(c3ccc(-c4ccc5nc(-c6ccccc6)n(-c6ccc(-c7ccccc7)cc6)c5c4)cc3)c3ccccc3C2)=C(c2ccc(-c3ccc4nc(-c5ccccc5)n(-c5ccc(-c6ccccc6)cc5)c4c3)cc2)C2C=CC=CC21. The monoisotopic (exact) mass is 1090 g/mol. The summed E-state index contributed by atoms with van der Waals surface area (Å²) in [6.45, 7) is 0. The lowest BCUT2D eigenvalue weighted by Crippen LogP contribution is -2.29. The highest BCUT2D eigenvalue weighted by atomic mass is 15.2. The normalized spacial score (nSPS) is 15.3. The summed E-state index contributed by atoms with van der Waals surface area (Å²) in [5, 5.41) is 0. The third kappa shape index (κ3) is 8.79. The van der Waals surface area contributed by atoms with E-state index in [1.165, 1.54) is 66.9 Å². The van der Waals surface area contributed by atoms with E-state index in [9.17, 15) is 0 Å². The van der Waals surface area contributed by atoms with E-state index in [4.69, 9.17) is 9.97 Å². The molecular weight excluding hydrogens is 1030 g/mol. The Labute approximate surface area is 495 Å². The lowest BCUT2D eigenvalue weighted by atomic mass is 9.84. The van der Waals surface area contributed by atoms with Gasteiger partial charge in [0.1, 0.15) is 11.6 Å². The average Bonchev–Trinajstić information content (AvgIpc) is 2.01. The molecular formula is C80H57N5. The third-order valence-corrected chi connectivity index (χ3v) is 17.6. The van der Waals surface area contributed by atoms with Gasteiger partial charge in [0.25, 0.3) is 0 Å². The van der Waals surface area contributed by atoms with Crippen molar-refractivity contribution in [3.63, 3.8) is 0 Å². The number of hydrogen-bond acceptors (Lipinski definition) is 3. The van der Waals surface area contributed by atoms with Crippen LogP contribution in [0.4, 0.5) is 0 Å². The molecule has 0 radical (unpaired) electrons. The number of fused-ring (bicyclic) bond motifs is 4. The topological polar surface area (TPSA) is 38.9 Å². The van der Waals surface area contributed by atoms with Gasteiger partial charge in [0, 0.05) is 47.6 Å². The lowest BCUT2D eigenvalue weighted by Gasteiger charge is -2.27. The van der Waals surface area contributed by atoms with Crippen LogP contribution in [-0.2, 0) is 6.42 Å². The Balaban J connectivity index is 0.770. The minimum atomic E-state index is 0.193. The maximum atomic E-state index is 5.27. The maximum Gasteiger partial charge on any atom is 0.145 e. The van der Waals surface area contributed by atoms with Gasteiger partial charge in [-0.05, 0) is 132 Å². The lowest BCUT2D eigenvalue weighted by molar-refractivity contribution is 0.361. The molecule has 2 unspecified atom stereocenters. The number of aromatic nitrogens is 4. The fourth-order valence-electron chi connectivity index (χ4n) is 13.5. The Bertz CT molecular complexity index is 4800. The molecule has 11 aromatic carbocycles. The number of allylic oxidation sites excluding steroid dienone is 3. The molecule has 16 rings (SSSR count). The number of imidazole rings is 2. The zero-order chi connectivity index (χ0) is 56.4. The molecule has 0 N–H and O–H groups in total. The van der Waals surface area contributed by atoms with Crippen molar-refractivity contribution in [2.75, 3.05) is 7.05 Å². The average molecular weight is 1090 g/mol. The Kier molecular flexibility index (Phi) is 12.2. The Morgan fingerprint density at radius 3 is 1.25 bits per heavy atom. The molecule has 0 spiro atoms. The molecule has 5 nitrogen and oxygen atoms in total. The van der Waals surface area contributed by atoms with Crippen molar-refractivity contribution in [2.45, 2.75) is 12.5 Å². The molecule has 3 aliphatic rings. The molecule has 402 valence electrons. The van der Waals surface area contributed by atoms with Gasteiger partial charge in [-0.25, -0.2) is 9.97 Å². The molecule has 13 aromatic rings. The van der Waals surface area contributed by atoms with Crippen LogP contribution in [0.1, 0.15) is 22.3 Å². The fraction of sp³-hybridized carbons (Fsp3) is 0.0500. The van der Waals surface area contributed by atoms with Gasteiger partial charge in [-0.1, -0.05) is 255 Å². The van der Waals surface area contributed by atoms with Crippen molar-refractivity contribution in [3.8, 4) is 78.7 Å². The molecule has 85 heavy (non-hydrogen) atoms. The standard InChI is InChI=1S/C80H57N5/c1-83-73-29-17-16-28-69(73)77(60-36-32-58(33-37-60)64-43-49-72-75(52-64)85(80(82-72)62-24-12-5-13-25-62)67-46-40-56(41-47-67)54-20-8-3-9-21-54)78(83)70-50-65-26-14-15-27-68(65)76(70)59-34-30-57(31-35-59)63-42-48-71-74(51-63)84(79(81-71)61-22-10-4-11-23-61)66-44-38-55(39-45-66)53-18-6-2-7-19-53/h2-49,51-52,69,73H,50H2,1H3. The van der Waals surface area contributed by atoms with Gasteiger partial charge >= 0.3 is 0 Å². The van der Waals surface area contributed by atoms with Crippen molar-refractivity contribution < 1.29 is 0 Å². The largest absolute Gasteiger partial charge is 0.367 e. The van der Waals surface area contributed by atoms with Crippen molar-refractivity contribution >= 4 is 33.2 Å². The van der Waals surface area contributed by atoms with E-state index in [0.717, 1.165) is 84.9 Å². The fourth-order valence-corrected chi connectivity index (χ4v) is 13.5. The summed E-state index contributed by atoms with van der Waals surface area (Å²) in [6, 6.07) is 101. The molecule has 3 heterocycles. The first-order valence-electron chi connectivity index (χ1n) is 29.4. The minimum absolute atomic E-state index is 0.193. The molecule has 0 bridgehead atoms. The van der Waals surface area contributed by atoms with Crippen molar-refractivity contribution in [1.29, 1.82) is 0 Å². The summed E-state index contributed by atoms with van der Waals surface area (Å²) in [7, 11) is 2.30. The van der Waals surface area contributed by atoms with Crippen LogP contribution in [0.5, 0.6) is 0 Å². The zero-order valence-electron chi connectivity index (χ0n) is 47.0. The first-order chi connectivity index (χ1) is 42.1. The smallest absolute Gasteiger partial charge is 0.145 e. The summed E-state index contributed by atoms with van der Waals surface area (Å²) in [6.07, 6.45) is 10.1. The van der Waals surface area contributed by atoms with Crippen molar-refractivity contribution in [3.05, 3.63) is 337 Å². The summed E-state index contributed by atoms with van der Waals surface area (Å²) in [4.78, 5) is 13.1. The molecule has 0 saturated carbocycles. The predicted molar refractivity (Wildman–Crippen MR) is 351 cm³/mol. The second-order valence-corrected chi connectivity index (χ2v) is 22.5. The van der Waals surface area contributed by atoms with Gasteiger partial charge in [0.05, 0.1) is 28.1 Å². The predicted octanol–water partition coefficient (Wildman–Crippen LogP) is 19.2. The van der Waals surface area contributed by atoms with Gasteiger partial charge in [0.2, 0.25) is 0 Å². The van der Waals surface area contributed by atoms with Gasteiger partial charge in [-0.3, -0.25) is 9.13 Å². The summed E-state index contributed by atoms with van der Waals surface area (Å²) >= 11 is 0. The summed E-state index contributed by atoms with van der Waals surface area (Å²) < 4.78 is 4.63. The number of rotatable bonds is 11. The maximum absolute atomic E-state index is 5.27. The van der Waals surface area contributed by atoms with Crippen molar-refractivity contribution in [2.24, 2.45) is 5.92 Å². The number of likely N-dealkylation sites (N-methyl/N-ethyl adjacent to an activating group) is 1. The molecule has 2 atom stereocenters. The van der Waals surface area contributed by atoms with Crippen LogP contribution in [0.25, 0.3) is 112 Å². The van der Waals surface area contributed by atoms with E-state index in [2.05, 4.69) is 324 Å². The minimum Gasteiger partial charge on any atom is -0.367 e. The van der Waals surface area contributed by atoms with Gasteiger partial charge in [-0.15, -0.1) is 0 Å². The highest BCUT2D eigenvalue weighted by Crippen LogP contribution is 2.51. The van der Waals surface area contributed by atoms with Crippen LogP contribution in [0.3, 0.4) is 0 Å². The summed E-state index contributed by atoms with van der Waals surface area (Å²) in [5.74, 6) is 2.03. The number of benzene rings is 11. The first kappa shape index (κ1) is 49.9. The van der Waals surface area contributed by atoms with Gasteiger partial charge < -0.3 is 4.90 Å². The van der Waals surface area contributed by atoms with Crippen LogP contribution >= 0.6 is 0 Å². The van der Waals surface area contributed by atoms with Crippen LogP contribution in [0.15, 0.2) is 315 Å². The third-order valence-electron chi connectivity index (χ3n) is 17.6. The van der Waals surface area contributed by atoms with Crippen LogP contribution in [-0.4, -0.2) is 37.1 Å². The van der Waals surface area contributed by atoms with Crippen LogP contribution in [0.2, 0.25) is 0 Å². The van der Waals surface area contributed by atoms with E-state index in [-0.39, 0.29) is 12.0 Å². The summed E-state index contributed by atoms with van der Waals surface area (Å²) in [5.41, 5.74) is 28.2. The van der Waals surface area contributed by atoms with E-state index < -0.39 is 0 Å². The molecule has 0 fully saturated rings. The Morgan fingerprint density at radius 2 is 0.741 bits per heavy atom. The van der Waals surface area contributed by atoms with E-state index in [0.29, 0.717) is 0 Å². The highest BCUT2D eigenvalue weighted by molar-refractivity contribution is 5.95. The number of hydrogen-bond donors (Lipinski definition) is 0. The zero-order valence-corrected chi connectivity index (χ0v) is 47.0. The molecule has 2 aliphatic carbocycles. The molecule has 2 aromatic heterocycles. The second-order valence-electron chi connectivity index (χ2n) is 22.5. The molecule has 0 saturated heterocycles. The quantitative estimate of drug-likeness (QED) is 0.130.